The van der Waals surface area contributed by atoms with Crippen molar-refractivity contribution in [3.8, 4) is 0 Å². The van der Waals surface area contributed by atoms with Crippen molar-refractivity contribution in [2.75, 3.05) is 19.0 Å². The first kappa shape index (κ1) is 10.1. The fourth-order valence-corrected chi connectivity index (χ4v) is 1.41. The first-order valence-electron chi connectivity index (χ1n) is 4.46. The van der Waals surface area contributed by atoms with E-state index in [2.05, 4.69) is 17.3 Å². The molecule has 0 aliphatic heterocycles. The molecule has 0 aromatic carbocycles. The molecule has 0 radical (unpaired) electrons. The van der Waals surface area contributed by atoms with Crippen molar-refractivity contribution in [1.29, 1.82) is 0 Å². The van der Waals surface area contributed by atoms with Gasteiger partial charge in [0.05, 0.1) is 12.3 Å². The zero-order chi connectivity index (χ0) is 9.84. The summed E-state index contributed by atoms with van der Waals surface area (Å²) in [6.45, 7) is 5.58. The Hall–Kier alpha value is -1.03. The van der Waals surface area contributed by atoms with Crippen molar-refractivity contribution >= 4 is 5.82 Å². The molecule has 13 heavy (non-hydrogen) atoms. The fraction of sp³-hybridized carbons (Fsp3) is 0.667. The third kappa shape index (κ3) is 2.01. The summed E-state index contributed by atoms with van der Waals surface area (Å²) in [5.41, 5.74) is 2.17. The Bertz CT molecular complexity index is 254. The van der Waals surface area contributed by atoms with E-state index in [0.717, 1.165) is 23.6 Å². The molecule has 1 rings (SSSR count). The molecule has 0 bridgehead atoms. The van der Waals surface area contributed by atoms with Crippen molar-refractivity contribution in [3.63, 3.8) is 0 Å². The van der Waals surface area contributed by atoms with Gasteiger partial charge in [0.1, 0.15) is 5.82 Å². The van der Waals surface area contributed by atoms with E-state index < -0.39 is 0 Å². The first-order valence-corrected chi connectivity index (χ1v) is 4.46. The summed E-state index contributed by atoms with van der Waals surface area (Å²) in [4.78, 5) is 0. The third-order valence-electron chi connectivity index (χ3n) is 1.98. The van der Waals surface area contributed by atoms with Gasteiger partial charge in [0.2, 0.25) is 0 Å². The van der Waals surface area contributed by atoms with Gasteiger partial charge in [-0.15, -0.1) is 0 Å². The Morgan fingerprint density at radius 3 is 2.77 bits per heavy atom. The second-order valence-corrected chi connectivity index (χ2v) is 3.00. The molecule has 1 aromatic heterocycles. The monoisotopic (exact) mass is 183 g/mol. The topological polar surface area (TPSA) is 39.1 Å². The Kier molecular flexibility index (Phi) is 3.31. The summed E-state index contributed by atoms with van der Waals surface area (Å²) in [6.07, 6.45) is 0. The van der Waals surface area contributed by atoms with Crippen LogP contribution in [-0.4, -0.2) is 23.4 Å². The average Bonchev–Trinajstić information content (AvgIpc) is 2.33. The summed E-state index contributed by atoms with van der Waals surface area (Å²) in [7, 11) is 3.63. The maximum absolute atomic E-state index is 5.12. The van der Waals surface area contributed by atoms with E-state index >= 15 is 0 Å². The van der Waals surface area contributed by atoms with Crippen LogP contribution < -0.4 is 5.32 Å². The molecule has 0 atom stereocenters. The predicted molar refractivity (Wildman–Crippen MR) is 52.8 cm³/mol. The van der Waals surface area contributed by atoms with E-state index in [4.69, 9.17) is 4.74 Å². The van der Waals surface area contributed by atoms with Crippen molar-refractivity contribution in [1.82, 2.24) is 9.78 Å². The largest absolute Gasteiger partial charge is 0.380 e. The zero-order valence-electron chi connectivity index (χ0n) is 8.72. The standard InChI is InChI=1S/C9H17N3O/c1-5-10-9-8(6-13-4)7(2)11-12(9)3/h10H,5-6H2,1-4H3. The number of hydrogen-bond donors (Lipinski definition) is 1. The number of aryl methyl sites for hydroxylation is 2. The lowest BCUT2D eigenvalue weighted by Crippen LogP contribution is -2.05. The molecular formula is C9H17N3O. The highest BCUT2D eigenvalue weighted by Crippen LogP contribution is 2.18. The molecule has 1 aromatic rings. The molecule has 1 heterocycles. The van der Waals surface area contributed by atoms with E-state index in [1.807, 2.05) is 18.7 Å². The summed E-state index contributed by atoms with van der Waals surface area (Å²) in [5, 5.41) is 7.59. The molecule has 0 saturated heterocycles. The van der Waals surface area contributed by atoms with Crippen LogP contribution in [0.3, 0.4) is 0 Å². The normalized spacial score (nSPS) is 10.5. The molecule has 0 aliphatic rings. The number of methoxy groups -OCH3 is 1. The summed E-state index contributed by atoms with van der Waals surface area (Å²) in [6, 6.07) is 0. The second-order valence-electron chi connectivity index (χ2n) is 3.00. The summed E-state index contributed by atoms with van der Waals surface area (Å²) in [5.74, 6) is 1.06. The van der Waals surface area contributed by atoms with E-state index in [9.17, 15) is 0 Å². The number of nitrogens with zero attached hydrogens (tertiary/aromatic N) is 2. The van der Waals surface area contributed by atoms with Gasteiger partial charge in [-0.2, -0.15) is 5.10 Å². The maximum Gasteiger partial charge on any atom is 0.129 e. The second kappa shape index (κ2) is 4.28. The molecule has 74 valence electrons. The van der Waals surface area contributed by atoms with E-state index in [1.54, 1.807) is 7.11 Å². The minimum Gasteiger partial charge on any atom is -0.380 e. The quantitative estimate of drug-likeness (QED) is 0.765. The van der Waals surface area contributed by atoms with Gasteiger partial charge in [0.25, 0.3) is 0 Å². The lowest BCUT2D eigenvalue weighted by Gasteiger charge is -2.06. The fourth-order valence-electron chi connectivity index (χ4n) is 1.41. The first-order chi connectivity index (χ1) is 6.20. The molecule has 0 saturated carbocycles. The molecular weight excluding hydrogens is 166 g/mol. The lowest BCUT2D eigenvalue weighted by molar-refractivity contribution is 0.185. The van der Waals surface area contributed by atoms with Crippen molar-refractivity contribution in [3.05, 3.63) is 11.3 Å². The van der Waals surface area contributed by atoms with E-state index in [1.165, 1.54) is 0 Å². The van der Waals surface area contributed by atoms with Gasteiger partial charge < -0.3 is 10.1 Å². The number of ether oxygens (including phenoxy) is 1. The Morgan fingerprint density at radius 2 is 2.23 bits per heavy atom. The number of anilines is 1. The minimum absolute atomic E-state index is 0.613. The van der Waals surface area contributed by atoms with Gasteiger partial charge in [0, 0.05) is 26.3 Å². The van der Waals surface area contributed by atoms with Crippen molar-refractivity contribution in [2.24, 2.45) is 7.05 Å². The average molecular weight is 183 g/mol. The van der Waals surface area contributed by atoms with Crippen LogP contribution in [0.5, 0.6) is 0 Å². The highest BCUT2D eigenvalue weighted by Gasteiger charge is 2.11. The zero-order valence-corrected chi connectivity index (χ0v) is 8.72. The van der Waals surface area contributed by atoms with Crippen LogP contribution in [0.1, 0.15) is 18.2 Å². The summed E-state index contributed by atoms with van der Waals surface area (Å²) >= 11 is 0. The number of hydrogen-bond acceptors (Lipinski definition) is 3. The lowest BCUT2D eigenvalue weighted by atomic mass is 10.2. The van der Waals surface area contributed by atoms with Crippen LogP contribution in [0.15, 0.2) is 0 Å². The number of nitrogens with one attached hydrogen (secondary N) is 1. The Labute approximate surface area is 78.9 Å². The molecule has 4 nitrogen and oxygen atoms in total. The van der Waals surface area contributed by atoms with Gasteiger partial charge in [-0.3, -0.25) is 4.68 Å². The molecule has 1 N–H and O–H groups in total. The van der Waals surface area contributed by atoms with Crippen molar-refractivity contribution in [2.45, 2.75) is 20.5 Å². The highest BCUT2D eigenvalue weighted by atomic mass is 16.5. The predicted octanol–water partition coefficient (Wildman–Crippen LogP) is 1.31. The van der Waals surface area contributed by atoms with Gasteiger partial charge in [-0.25, -0.2) is 0 Å². The molecule has 0 fully saturated rings. The number of rotatable bonds is 4. The highest BCUT2D eigenvalue weighted by molar-refractivity contribution is 5.46. The van der Waals surface area contributed by atoms with Crippen LogP contribution in [0.4, 0.5) is 5.82 Å². The van der Waals surface area contributed by atoms with Crippen LogP contribution >= 0.6 is 0 Å². The smallest absolute Gasteiger partial charge is 0.129 e. The molecule has 0 amide bonds. The van der Waals surface area contributed by atoms with Gasteiger partial charge >= 0.3 is 0 Å². The molecule has 0 spiro atoms. The van der Waals surface area contributed by atoms with Crippen LogP contribution in [0.25, 0.3) is 0 Å². The Morgan fingerprint density at radius 1 is 1.54 bits per heavy atom. The third-order valence-corrected chi connectivity index (χ3v) is 1.98. The van der Waals surface area contributed by atoms with Crippen LogP contribution in [0, 0.1) is 6.92 Å². The molecule has 4 heteroatoms. The van der Waals surface area contributed by atoms with E-state index in [-0.39, 0.29) is 0 Å². The maximum atomic E-state index is 5.12. The van der Waals surface area contributed by atoms with Crippen LogP contribution in [0.2, 0.25) is 0 Å². The van der Waals surface area contributed by atoms with Crippen LogP contribution in [-0.2, 0) is 18.4 Å². The van der Waals surface area contributed by atoms with Gasteiger partial charge in [-0.1, -0.05) is 0 Å². The Balaban J connectivity index is 2.98. The van der Waals surface area contributed by atoms with Gasteiger partial charge in [0.15, 0.2) is 0 Å². The molecule has 0 aliphatic carbocycles. The number of aromatic nitrogens is 2. The molecule has 0 unspecified atom stereocenters. The summed E-state index contributed by atoms with van der Waals surface area (Å²) < 4.78 is 6.97. The van der Waals surface area contributed by atoms with Gasteiger partial charge in [-0.05, 0) is 13.8 Å². The minimum atomic E-state index is 0.613. The SMILES string of the molecule is CCNc1c(COC)c(C)nn1C. The van der Waals surface area contributed by atoms with E-state index in [0.29, 0.717) is 6.61 Å². The van der Waals surface area contributed by atoms with Crippen molar-refractivity contribution < 1.29 is 4.74 Å².